The van der Waals surface area contributed by atoms with Crippen molar-refractivity contribution in [2.45, 2.75) is 61.7 Å². The van der Waals surface area contributed by atoms with E-state index in [0.29, 0.717) is 11.8 Å². The predicted octanol–water partition coefficient (Wildman–Crippen LogP) is -2.44. The molecular formula is C18H22Na2O6S2. The van der Waals surface area contributed by atoms with Crippen LogP contribution in [0.25, 0.3) is 10.8 Å². The van der Waals surface area contributed by atoms with Gasteiger partial charge in [-0.15, -0.1) is 0 Å². The van der Waals surface area contributed by atoms with Crippen LogP contribution in [0.4, 0.5) is 0 Å². The summed E-state index contributed by atoms with van der Waals surface area (Å²) < 4.78 is 70.6. The van der Waals surface area contributed by atoms with Crippen LogP contribution in [0.15, 0.2) is 40.1 Å². The Hall–Kier alpha value is 0.520. The van der Waals surface area contributed by atoms with Crippen LogP contribution in [0, 0.1) is 0 Å². The summed E-state index contributed by atoms with van der Waals surface area (Å²) in [7, 11) is -10.3. The van der Waals surface area contributed by atoms with E-state index >= 15 is 0 Å². The molecule has 0 radical (unpaired) electrons. The molecule has 2 rings (SSSR count). The number of benzene rings is 2. The van der Waals surface area contributed by atoms with Gasteiger partial charge in [-0.1, -0.05) is 63.3 Å². The maximum Gasteiger partial charge on any atom is 1.00 e. The third kappa shape index (κ3) is 7.65. The molecule has 0 amide bonds. The topological polar surface area (TPSA) is 114 Å². The van der Waals surface area contributed by atoms with Gasteiger partial charge in [0.15, 0.2) is 0 Å². The van der Waals surface area contributed by atoms with Gasteiger partial charge >= 0.3 is 59.1 Å². The fourth-order valence-corrected chi connectivity index (χ4v) is 5.40. The van der Waals surface area contributed by atoms with Crippen molar-refractivity contribution < 1.29 is 85.1 Å². The van der Waals surface area contributed by atoms with Crippen LogP contribution >= 0.6 is 0 Å². The normalized spacial score (nSPS) is 11.7. The Balaban J connectivity index is 0.00000364. The zero-order valence-electron chi connectivity index (χ0n) is 16.6. The second-order valence-electron chi connectivity index (χ2n) is 6.34. The summed E-state index contributed by atoms with van der Waals surface area (Å²) in [5, 5.41) is 0.388. The van der Waals surface area contributed by atoms with Gasteiger partial charge in [0.05, 0.1) is 9.79 Å². The molecule has 0 saturated carbocycles. The second kappa shape index (κ2) is 12.4. The molecule has 0 heterocycles. The third-order valence-corrected chi connectivity index (χ3v) is 6.35. The van der Waals surface area contributed by atoms with Gasteiger partial charge in [-0.2, -0.15) is 0 Å². The molecule has 0 spiro atoms. The quantitative estimate of drug-likeness (QED) is 0.241. The minimum Gasteiger partial charge on any atom is -0.744 e. The summed E-state index contributed by atoms with van der Waals surface area (Å²) in [6.45, 7) is 2.10. The maximum absolute atomic E-state index is 11.8. The summed E-state index contributed by atoms with van der Waals surface area (Å²) in [6, 6.07) is 7.58. The first kappa shape index (κ1) is 28.5. The minimum absolute atomic E-state index is 0. The Morgan fingerprint density at radius 2 is 1.32 bits per heavy atom. The van der Waals surface area contributed by atoms with Crippen molar-refractivity contribution >= 4 is 31.0 Å². The van der Waals surface area contributed by atoms with Crippen LogP contribution < -0.4 is 59.1 Å². The average molecular weight is 444 g/mol. The Kier molecular flexibility index (Phi) is 12.6. The van der Waals surface area contributed by atoms with Crippen molar-refractivity contribution in [3.63, 3.8) is 0 Å². The molecular weight excluding hydrogens is 422 g/mol. The van der Waals surface area contributed by atoms with Gasteiger partial charge in [0, 0.05) is 5.39 Å². The van der Waals surface area contributed by atoms with E-state index < -0.39 is 30.0 Å². The summed E-state index contributed by atoms with van der Waals surface area (Å²) in [6.07, 6.45) is 5.96. The molecule has 0 aromatic heterocycles. The Morgan fingerprint density at radius 1 is 0.786 bits per heavy atom. The maximum atomic E-state index is 11.8. The molecule has 144 valence electrons. The van der Waals surface area contributed by atoms with Crippen LogP contribution in [0.3, 0.4) is 0 Å². The van der Waals surface area contributed by atoms with E-state index in [1.165, 1.54) is 18.2 Å². The molecule has 0 aliphatic carbocycles. The molecule has 0 unspecified atom stereocenters. The van der Waals surface area contributed by atoms with Crippen LogP contribution in [0.5, 0.6) is 0 Å². The first-order valence-corrected chi connectivity index (χ1v) is 11.4. The molecule has 0 fully saturated rings. The fourth-order valence-electron chi connectivity index (χ4n) is 3.15. The molecule has 6 nitrogen and oxygen atoms in total. The zero-order chi connectivity index (χ0) is 19.4. The second-order valence-corrected chi connectivity index (χ2v) is 8.97. The molecule has 0 N–H and O–H groups in total. The number of aryl methyl sites for hydroxylation is 1. The van der Waals surface area contributed by atoms with Gasteiger partial charge in [0.1, 0.15) is 20.2 Å². The third-order valence-electron chi connectivity index (χ3n) is 4.33. The SMILES string of the molecule is CCCCCCCCc1cc2ccccc2c(S(=O)(=O)[O-])c1S(=O)(=O)[O-].[Na+].[Na+]. The van der Waals surface area contributed by atoms with Crippen LogP contribution in [0.1, 0.15) is 51.0 Å². The number of hydrogen-bond donors (Lipinski definition) is 0. The summed E-state index contributed by atoms with van der Waals surface area (Å²) >= 11 is 0. The van der Waals surface area contributed by atoms with E-state index in [4.69, 9.17) is 0 Å². The minimum atomic E-state index is -5.14. The summed E-state index contributed by atoms with van der Waals surface area (Å²) in [5.74, 6) is 0. The summed E-state index contributed by atoms with van der Waals surface area (Å²) in [5.41, 5.74) is 0.101. The van der Waals surface area contributed by atoms with Gasteiger partial charge in [-0.05, 0) is 29.9 Å². The van der Waals surface area contributed by atoms with Crippen molar-refractivity contribution in [3.8, 4) is 0 Å². The van der Waals surface area contributed by atoms with E-state index in [2.05, 4.69) is 6.92 Å². The van der Waals surface area contributed by atoms with Crippen LogP contribution in [0.2, 0.25) is 0 Å². The first-order chi connectivity index (χ1) is 12.2. The molecule has 0 aliphatic rings. The van der Waals surface area contributed by atoms with Gasteiger partial charge in [0.2, 0.25) is 0 Å². The number of rotatable bonds is 9. The van der Waals surface area contributed by atoms with E-state index in [9.17, 15) is 25.9 Å². The monoisotopic (exact) mass is 444 g/mol. The van der Waals surface area contributed by atoms with E-state index in [1.54, 1.807) is 12.1 Å². The predicted molar refractivity (Wildman–Crippen MR) is 97.0 cm³/mol. The molecule has 0 atom stereocenters. The zero-order valence-corrected chi connectivity index (χ0v) is 22.2. The molecule has 0 aliphatic heterocycles. The molecule has 28 heavy (non-hydrogen) atoms. The number of unbranched alkanes of at least 4 members (excludes halogenated alkanes) is 5. The summed E-state index contributed by atoms with van der Waals surface area (Å²) in [4.78, 5) is -1.81. The van der Waals surface area contributed by atoms with E-state index in [-0.39, 0.29) is 76.5 Å². The van der Waals surface area contributed by atoms with Gasteiger partial charge in [-0.25, -0.2) is 16.8 Å². The van der Waals surface area contributed by atoms with Crippen molar-refractivity contribution in [3.05, 3.63) is 35.9 Å². The standard InChI is InChI=1S/C18H24O6S2.2Na/c1-2-3-4-5-6-7-11-15-13-14-10-8-9-12-16(14)18(26(22,23)24)17(15)25(19,20)21;;/h8-10,12-13H,2-7,11H2,1H3,(H,19,20,21)(H,22,23,24);;/q;2*+1/p-2. The van der Waals surface area contributed by atoms with Crippen LogP contribution in [-0.4, -0.2) is 25.9 Å². The van der Waals surface area contributed by atoms with Gasteiger partial charge in [0.25, 0.3) is 0 Å². The smallest absolute Gasteiger partial charge is 0.744 e. The van der Waals surface area contributed by atoms with E-state index in [0.717, 1.165) is 32.1 Å². The fraction of sp³-hybridized carbons (Fsp3) is 0.444. The average Bonchev–Trinajstić information content (AvgIpc) is 2.54. The molecule has 10 heteroatoms. The largest absolute Gasteiger partial charge is 1.00 e. The van der Waals surface area contributed by atoms with Crippen molar-refractivity contribution in [1.29, 1.82) is 0 Å². The Bertz CT molecular complexity index is 989. The molecule has 0 saturated heterocycles. The number of fused-ring (bicyclic) bond motifs is 1. The Labute approximate surface area is 211 Å². The van der Waals surface area contributed by atoms with Crippen molar-refractivity contribution in [2.24, 2.45) is 0 Å². The van der Waals surface area contributed by atoms with Gasteiger partial charge in [-0.3, -0.25) is 0 Å². The number of hydrogen-bond acceptors (Lipinski definition) is 6. The first-order valence-electron chi connectivity index (χ1n) is 8.62. The van der Waals surface area contributed by atoms with E-state index in [1.807, 2.05) is 0 Å². The van der Waals surface area contributed by atoms with Crippen molar-refractivity contribution in [1.82, 2.24) is 0 Å². The van der Waals surface area contributed by atoms with Crippen molar-refractivity contribution in [2.75, 3.05) is 0 Å². The molecule has 2 aromatic rings. The van der Waals surface area contributed by atoms with Gasteiger partial charge < -0.3 is 9.11 Å². The van der Waals surface area contributed by atoms with Crippen LogP contribution in [-0.2, 0) is 26.7 Å². The Morgan fingerprint density at radius 3 is 1.89 bits per heavy atom. The molecule has 0 bridgehead atoms. The molecule has 2 aromatic carbocycles.